The molecule has 57 heavy (non-hydrogen) atoms. The third kappa shape index (κ3) is 6.06. The lowest BCUT2D eigenvalue weighted by Crippen LogP contribution is -1.96. The van der Waals surface area contributed by atoms with Gasteiger partial charge in [-0.15, -0.1) is 11.3 Å². The number of aromatic nitrogens is 2. The quantitative estimate of drug-likeness (QED) is 0.125. The maximum absolute atomic E-state index is 5.22. The van der Waals surface area contributed by atoms with Crippen LogP contribution in [-0.4, -0.2) is 9.97 Å². The molecular formula is C54H34N2S. The fraction of sp³-hybridized carbons (Fsp3) is 0. The number of fused-ring (bicyclic) bond motifs is 5. The van der Waals surface area contributed by atoms with Gasteiger partial charge < -0.3 is 0 Å². The minimum absolute atomic E-state index is 0.701. The number of nitrogens with zero attached hydrogens (tertiary/aromatic N) is 2. The highest BCUT2D eigenvalue weighted by atomic mass is 32.1. The van der Waals surface area contributed by atoms with Gasteiger partial charge in [-0.1, -0.05) is 182 Å². The van der Waals surface area contributed by atoms with Crippen molar-refractivity contribution in [2.75, 3.05) is 0 Å². The molecule has 0 bridgehead atoms. The van der Waals surface area contributed by atoms with Crippen LogP contribution in [0.5, 0.6) is 0 Å². The molecule has 0 unspecified atom stereocenters. The summed E-state index contributed by atoms with van der Waals surface area (Å²) in [5.74, 6) is 0.701. The van der Waals surface area contributed by atoms with Crippen molar-refractivity contribution >= 4 is 53.7 Å². The molecule has 0 amide bonds. The highest BCUT2D eigenvalue weighted by molar-refractivity contribution is 7.22. The van der Waals surface area contributed by atoms with E-state index in [9.17, 15) is 0 Å². The number of thiophene rings is 1. The Labute approximate surface area is 335 Å². The molecule has 0 saturated carbocycles. The van der Waals surface area contributed by atoms with Crippen molar-refractivity contribution in [2.45, 2.75) is 0 Å². The molecule has 0 saturated heterocycles. The molecule has 0 aliphatic heterocycles. The molecule has 9 aromatic carbocycles. The third-order valence-corrected chi connectivity index (χ3v) is 12.3. The van der Waals surface area contributed by atoms with Crippen LogP contribution in [0.4, 0.5) is 0 Å². The SMILES string of the molecule is c1ccc(-c2ccc(-c3nc(-c4ccc(-c5cc6ccccc6s5)cc4)cc(-c4ccc(-c5c6ccccc6cc6c5ccc5ccccc56)cc4)n3)cc2)cc1. The molecule has 3 heteroatoms. The lowest BCUT2D eigenvalue weighted by atomic mass is 9.89. The van der Waals surface area contributed by atoms with Crippen molar-refractivity contribution in [3.63, 3.8) is 0 Å². The van der Waals surface area contributed by atoms with E-state index in [0.717, 1.165) is 33.6 Å². The van der Waals surface area contributed by atoms with Gasteiger partial charge in [0, 0.05) is 26.3 Å². The first-order chi connectivity index (χ1) is 28.2. The van der Waals surface area contributed by atoms with E-state index in [-0.39, 0.29) is 0 Å². The van der Waals surface area contributed by atoms with Crippen LogP contribution in [-0.2, 0) is 0 Å². The van der Waals surface area contributed by atoms with Gasteiger partial charge in [-0.3, -0.25) is 0 Å². The summed E-state index contributed by atoms with van der Waals surface area (Å²) in [6, 6.07) is 74.0. The molecule has 0 aliphatic rings. The van der Waals surface area contributed by atoms with Gasteiger partial charge in [0.1, 0.15) is 0 Å². The van der Waals surface area contributed by atoms with Crippen LogP contribution in [0, 0.1) is 0 Å². The molecule has 2 aromatic heterocycles. The van der Waals surface area contributed by atoms with Crippen molar-refractivity contribution in [1.82, 2.24) is 9.97 Å². The average molecular weight is 743 g/mol. The standard InChI is InChI=1S/C54H34N2S/c1-2-10-35(11-3-1)36-18-28-42(29-19-36)54-55-49(38-20-24-40(25-21-38)52-33-44-14-6-9-17-51(44)57-52)34-50(56-54)39-22-26-41(27-23-39)53-46-16-8-5-13-43(46)32-48-45-15-7-4-12-37(45)30-31-47(48)53/h1-34H. The fourth-order valence-corrected chi connectivity index (χ4v) is 9.25. The summed E-state index contributed by atoms with van der Waals surface area (Å²) in [5.41, 5.74) is 10.8. The van der Waals surface area contributed by atoms with Crippen molar-refractivity contribution in [1.29, 1.82) is 0 Å². The summed E-state index contributed by atoms with van der Waals surface area (Å²) >= 11 is 1.83. The van der Waals surface area contributed by atoms with E-state index in [1.54, 1.807) is 0 Å². The molecule has 0 spiro atoms. The van der Waals surface area contributed by atoms with E-state index in [2.05, 4.69) is 200 Å². The molecule has 0 N–H and O–H groups in total. The van der Waals surface area contributed by atoms with Crippen LogP contribution in [0.3, 0.4) is 0 Å². The lowest BCUT2D eigenvalue weighted by molar-refractivity contribution is 1.18. The molecule has 11 rings (SSSR count). The summed E-state index contributed by atoms with van der Waals surface area (Å²) in [5, 5.41) is 8.81. The second-order valence-electron chi connectivity index (χ2n) is 14.6. The van der Waals surface area contributed by atoms with E-state index >= 15 is 0 Å². The number of rotatable bonds is 6. The zero-order chi connectivity index (χ0) is 37.7. The predicted molar refractivity (Wildman–Crippen MR) is 243 cm³/mol. The van der Waals surface area contributed by atoms with E-state index < -0.39 is 0 Å². The molecule has 0 radical (unpaired) electrons. The van der Waals surface area contributed by atoms with Crippen LogP contribution in [0.15, 0.2) is 206 Å². The Morgan fingerprint density at radius 3 is 1.56 bits per heavy atom. The van der Waals surface area contributed by atoms with Crippen molar-refractivity contribution in [2.24, 2.45) is 0 Å². The Morgan fingerprint density at radius 2 is 0.842 bits per heavy atom. The van der Waals surface area contributed by atoms with Crippen LogP contribution in [0.1, 0.15) is 0 Å². The van der Waals surface area contributed by atoms with Gasteiger partial charge in [-0.2, -0.15) is 0 Å². The highest BCUT2D eigenvalue weighted by Gasteiger charge is 2.15. The smallest absolute Gasteiger partial charge is 0.160 e. The number of hydrogen-bond donors (Lipinski definition) is 0. The van der Waals surface area contributed by atoms with E-state index in [4.69, 9.17) is 9.97 Å². The zero-order valence-corrected chi connectivity index (χ0v) is 31.7. The van der Waals surface area contributed by atoms with Gasteiger partial charge in [0.15, 0.2) is 5.82 Å². The third-order valence-electron chi connectivity index (χ3n) is 11.1. The summed E-state index contributed by atoms with van der Waals surface area (Å²) in [4.78, 5) is 11.7. The molecule has 11 aromatic rings. The molecular weight excluding hydrogens is 709 g/mol. The number of benzene rings is 9. The molecule has 0 atom stereocenters. The summed E-state index contributed by atoms with van der Waals surface area (Å²) < 4.78 is 1.30. The molecule has 0 aliphatic carbocycles. The Balaban J connectivity index is 1.02. The van der Waals surface area contributed by atoms with Gasteiger partial charge in [-0.05, 0) is 89.8 Å². The second-order valence-corrected chi connectivity index (χ2v) is 15.6. The normalized spacial score (nSPS) is 11.5. The first kappa shape index (κ1) is 33.2. The molecule has 0 fully saturated rings. The van der Waals surface area contributed by atoms with E-state index in [1.165, 1.54) is 69.5 Å². The van der Waals surface area contributed by atoms with Gasteiger partial charge in [0.2, 0.25) is 0 Å². The van der Waals surface area contributed by atoms with Crippen LogP contribution in [0.2, 0.25) is 0 Å². The monoisotopic (exact) mass is 742 g/mol. The topological polar surface area (TPSA) is 25.8 Å². The second kappa shape index (κ2) is 13.8. The average Bonchev–Trinajstić information content (AvgIpc) is 3.73. The maximum Gasteiger partial charge on any atom is 0.160 e. The van der Waals surface area contributed by atoms with Gasteiger partial charge in [-0.25, -0.2) is 9.97 Å². The summed E-state index contributed by atoms with van der Waals surface area (Å²) in [6.07, 6.45) is 0. The lowest BCUT2D eigenvalue weighted by Gasteiger charge is -2.15. The minimum atomic E-state index is 0.701. The highest BCUT2D eigenvalue weighted by Crippen LogP contribution is 2.40. The minimum Gasteiger partial charge on any atom is -0.228 e. The Morgan fingerprint density at radius 1 is 0.298 bits per heavy atom. The van der Waals surface area contributed by atoms with E-state index in [1.807, 2.05) is 17.4 Å². The van der Waals surface area contributed by atoms with Crippen LogP contribution < -0.4 is 0 Å². The van der Waals surface area contributed by atoms with Crippen molar-refractivity contribution in [3.05, 3.63) is 206 Å². The molecule has 266 valence electrons. The fourth-order valence-electron chi connectivity index (χ4n) is 8.18. The van der Waals surface area contributed by atoms with Gasteiger partial charge in [0.25, 0.3) is 0 Å². The zero-order valence-electron chi connectivity index (χ0n) is 30.9. The first-order valence-electron chi connectivity index (χ1n) is 19.3. The Kier molecular flexibility index (Phi) is 8.04. The van der Waals surface area contributed by atoms with Crippen molar-refractivity contribution in [3.8, 4) is 66.6 Å². The van der Waals surface area contributed by atoms with Gasteiger partial charge in [0.05, 0.1) is 11.4 Å². The van der Waals surface area contributed by atoms with Crippen LogP contribution >= 0.6 is 11.3 Å². The maximum atomic E-state index is 5.22. The molecule has 2 heterocycles. The largest absolute Gasteiger partial charge is 0.228 e. The Bertz CT molecular complexity index is 3220. The molecule has 2 nitrogen and oxygen atoms in total. The predicted octanol–water partition coefficient (Wildman–Crippen LogP) is 15.2. The van der Waals surface area contributed by atoms with Crippen LogP contribution in [0.25, 0.3) is 109 Å². The van der Waals surface area contributed by atoms with E-state index in [0.29, 0.717) is 5.82 Å². The summed E-state index contributed by atoms with van der Waals surface area (Å²) in [7, 11) is 0. The van der Waals surface area contributed by atoms with Crippen molar-refractivity contribution < 1.29 is 0 Å². The Hall–Kier alpha value is -7.20. The number of hydrogen-bond acceptors (Lipinski definition) is 3. The first-order valence-corrected chi connectivity index (χ1v) is 20.1. The summed E-state index contributed by atoms with van der Waals surface area (Å²) in [6.45, 7) is 0. The van der Waals surface area contributed by atoms with Gasteiger partial charge >= 0.3 is 0 Å².